The van der Waals surface area contributed by atoms with E-state index in [1.54, 1.807) is 13.0 Å². The number of anilines is 1. The Labute approximate surface area is 133 Å². The summed E-state index contributed by atoms with van der Waals surface area (Å²) >= 11 is 0. The predicted octanol–water partition coefficient (Wildman–Crippen LogP) is 3.10. The summed E-state index contributed by atoms with van der Waals surface area (Å²) < 4.78 is 14.4. The summed E-state index contributed by atoms with van der Waals surface area (Å²) in [6, 6.07) is 13.7. The van der Waals surface area contributed by atoms with E-state index in [4.69, 9.17) is 5.11 Å². The number of carboxylic acid groups (broad SMARTS) is 1. The zero-order valence-electron chi connectivity index (χ0n) is 12.6. The molecule has 5 heteroatoms. The number of aliphatic carboxylic acids is 1. The number of para-hydroxylation sites is 1. The van der Waals surface area contributed by atoms with Crippen LogP contribution in [0.2, 0.25) is 0 Å². The number of rotatable bonds is 4. The van der Waals surface area contributed by atoms with E-state index in [1.165, 1.54) is 17.0 Å². The molecule has 0 fully saturated rings. The topological polar surface area (TPSA) is 57.6 Å². The molecule has 1 atom stereocenters. The number of fused-ring (bicyclic) bond motifs is 1. The molecular weight excluding hydrogens is 297 g/mol. The van der Waals surface area contributed by atoms with Crippen LogP contribution in [0.25, 0.3) is 0 Å². The van der Waals surface area contributed by atoms with Crippen LogP contribution in [0.4, 0.5) is 10.1 Å². The molecule has 1 aliphatic heterocycles. The van der Waals surface area contributed by atoms with Gasteiger partial charge in [0.1, 0.15) is 5.82 Å². The molecule has 23 heavy (non-hydrogen) atoms. The number of carboxylic acids is 1. The normalized spacial score (nSPS) is 19.7. The van der Waals surface area contributed by atoms with Crippen molar-refractivity contribution in [2.45, 2.75) is 25.3 Å². The third-order valence-corrected chi connectivity index (χ3v) is 4.26. The summed E-state index contributed by atoms with van der Waals surface area (Å²) in [5, 5.41) is 9.16. The van der Waals surface area contributed by atoms with Crippen molar-refractivity contribution in [1.82, 2.24) is 0 Å². The lowest BCUT2D eigenvalue weighted by Crippen LogP contribution is -2.39. The quantitative estimate of drug-likeness (QED) is 0.943. The average Bonchev–Trinajstić information content (AvgIpc) is 2.71. The van der Waals surface area contributed by atoms with Crippen molar-refractivity contribution in [3.63, 3.8) is 0 Å². The Morgan fingerprint density at radius 2 is 1.87 bits per heavy atom. The molecule has 1 amide bonds. The smallest absolute Gasteiger partial charge is 0.304 e. The minimum Gasteiger partial charge on any atom is -0.481 e. The fourth-order valence-corrected chi connectivity index (χ4v) is 3.14. The summed E-state index contributed by atoms with van der Waals surface area (Å²) in [6.07, 6.45) is -0.367. The highest BCUT2D eigenvalue weighted by atomic mass is 19.1. The largest absolute Gasteiger partial charge is 0.481 e. The summed E-state index contributed by atoms with van der Waals surface area (Å²) in [6.45, 7) is 1.77. The van der Waals surface area contributed by atoms with Gasteiger partial charge in [-0.1, -0.05) is 42.5 Å². The Kier molecular flexibility index (Phi) is 3.64. The Morgan fingerprint density at radius 1 is 1.17 bits per heavy atom. The number of hydrogen-bond acceptors (Lipinski definition) is 2. The van der Waals surface area contributed by atoms with Gasteiger partial charge in [0.25, 0.3) is 0 Å². The molecule has 0 aliphatic carbocycles. The number of amides is 1. The molecule has 0 bridgehead atoms. The number of hydrogen-bond donors (Lipinski definition) is 1. The lowest BCUT2D eigenvalue weighted by Gasteiger charge is -2.22. The summed E-state index contributed by atoms with van der Waals surface area (Å²) in [5.74, 6) is -1.98. The third kappa shape index (κ3) is 2.48. The van der Waals surface area contributed by atoms with E-state index in [1.807, 2.05) is 30.3 Å². The van der Waals surface area contributed by atoms with E-state index in [2.05, 4.69) is 0 Å². The second-order valence-electron chi connectivity index (χ2n) is 5.92. The van der Waals surface area contributed by atoms with E-state index in [9.17, 15) is 14.0 Å². The summed E-state index contributed by atoms with van der Waals surface area (Å²) in [5.41, 5.74) is 0.221. The van der Waals surface area contributed by atoms with Gasteiger partial charge < -0.3 is 10.0 Å². The van der Waals surface area contributed by atoms with Crippen LogP contribution in [0.5, 0.6) is 0 Å². The number of halogens is 1. The van der Waals surface area contributed by atoms with Crippen LogP contribution in [-0.2, 0) is 21.5 Å². The maximum absolute atomic E-state index is 14.4. The van der Waals surface area contributed by atoms with Crippen molar-refractivity contribution >= 4 is 17.6 Å². The molecule has 0 saturated heterocycles. The van der Waals surface area contributed by atoms with Crippen molar-refractivity contribution < 1.29 is 19.1 Å². The van der Waals surface area contributed by atoms with Crippen molar-refractivity contribution in [2.75, 3.05) is 4.90 Å². The minimum atomic E-state index is -1.25. The molecule has 2 aromatic rings. The Hall–Kier alpha value is -2.69. The molecular formula is C18H16FNO3. The van der Waals surface area contributed by atoms with Gasteiger partial charge in [0.15, 0.2) is 0 Å². The van der Waals surface area contributed by atoms with Crippen LogP contribution in [0.15, 0.2) is 48.5 Å². The first-order valence-electron chi connectivity index (χ1n) is 7.30. The number of carbonyl (C=O) groups excluding carboxylic acids is 1. The van der Waals surface area contributed by atoms with Crippen molar-refractivity contribution in [3.8, 4) is 0 Å². The Balaban J connectivity index is 2.09. The zero-order valence-corrected chi connectivity index (χ0v) is 12.6. The van der Waals surface area contributed by atoms with Gasteiger partial charge in [-0.25, -0.2) is 4.39 Å². The van der Waals surface area contributed by atoms with E-state index < -0.39 is 17.2 Å². The van der Waals surface area contributed by atoms with Gasteiger partial charge >= 0.3 is 5.97 Å². The highest BCUT2D eigenvalue weighted by Gasteiger charge is 2.49. The highest BCUT2D eigenvalue weighted by molar-refractivity contribution is 6.09. The molecule has 0 aromatic heterocycles. The number of benzene rings is 2. The molecule has 0 radical (unpaired) electrons. The maximum atomic E-state index is 14.4. The van der Waals surface area contributed by atoms with Gasteiger partial charge in [-0.2, -0.15) is 0 Å². The van der Waals surface area contributed by atoms with Gasteiger partial charge in [0.05, 0.1) is 24.1 Å². The summed E-state index contributed by atoms with van der Waals surface area (Å²) in [7, 11) is 0. The predicted molar refractivity (Wildman–Crippen MR) is 83.6 cm³/mol. The molecule has 118 valence electrons. The van der Waals surface area contributed by atoms with Crippen LogP contribution in [0.3, 0.4) is 0 Å². The third-order valence-electron chi connectivity index (χ3n) is 4.26. The van der Waals surface area contributed by atoms with E-state index in [0.717, 1.165) is 5.56 Å². The van der Waals surface area contributed by atoms with Crippen molar-refractivity contribution in [2.24, 2.45) is 0 Å². The average molecular weight is 313 g/mol. The first-order chi connectivity index (χ1) is 10.9. The number of carbonyl (C=O) groups is 2. The first kappa shape index (κ1) is 15.2. The van der Waals surface area contributed by atoms with Gasteiger partial charge in [-0.15, -0.1) is 0 Å². The van der Waals surface area contributed by atoms with Crippen LogP contribution < -0.4 is 4.90 Å². The van der Waals surface area contributed by atoms with Crippen LogP contribution >= 0.6 is 0 Å². The van der Waals surface area contributed by atoms with Crippen LogP contribution in [0, 0.1) is 5.82 Å². The van der Waals surface area contributed by atoms with Crippen LogP contribution in [0.1, 0.15) is 24.5 Å². The van der Waals surface area contributed by atoms with E-state index >= 15 is 0 Å². The minimum absolute atomic E-state index is 0.185. The molecule has 1 aliphatic rings. The van der Waals surface area contributed by atoms with Gasteiger partial charge in [-0.05, 0) is 24.1 Å². The van der Waals surface area contributed by atoms with E-state index in [0.29, 0.717) is 5.56 Å². The maximum Gasteiger partial charge on any atom is 0.304 e. The van der Waals surface area contributed by atoms with E-state index in [-0.39, 0.29) is 24.6 Å². The van der Waals surface area contributed by atoms with Crippen LogP contribution in [-0.4, -0.2) is 17.0 Å². The Bertz CT molecular complexity index is 775. The molecule has 3 rings (SSSR count). The fourth-order valence-electron chi connectivity index (χ4n) is 3.14. The second-order valence-corrected chi connectivity index (χ2v) is 5.92. The molecule has 0 saturated carbocycles. The highest BCUT2D eigenvalue weighted by Crippen LogP contribution is 2.45. The second kappa shape index (κ2) is 5.50. The van der Waals surface area contributed by atoms with Crippen molar-refractivity contribution in [3.05, 3.63) is 65.5 Å². The summed E-state index contributed by atoms with van der Waals surface area (Å²) in [4.78, 5) is 25.4. The molecule has 0 spiro atoms. The molecule has 4 nitrogen and oxygen atoms in total. The van der Waals surface area contributed by atoms with Gasteiger partial charge in [0.2, 0.25) is 5.91 Å². The SMILES string of the molecule is C[C@]1(CC(=O)O)C(=O)N(Cc2ccccc2)c2c(F)cccc21. The number of nitrogens with zero attached hydrogens (tertiary/aromatic N) is 1. The molecule has 2 aromatic carbocycles. The first-order valence-corrected chi connectivity index (χ1v) is 7.30. The molecule has 1 N–H and O–H groups in total. The molecule has 0 unspecified atom stereocenters. The molecule has 1 heterocycles. The van der Waals surface area contributed by atoms with Gasteiger partial charge in [-0.3, -0.25) is 9.59 Å². The monoisotopic (exact) mass is 313 g/mol. The van der Waals surface area contributed by atoms with Crippen molar-refractivity contribution in [1.29, 1.82) is 0 Å². The zero-order chi connectivity index (χ0) is 16.6. The lowest BCUT2D eigenvalue weighted by atomic mass is 9.80. The Morgan fingerprint density at radius 3 is 2.52 bits per heavy atom. The fraction of sp³-hybridized carbons (Fsp3) is 0.222. The standard InChI is InChI=1S/C18H16FNO3/c1-18(10-15(21)22)13-8-5-9-14(19)16(13)20(17(18)23)11-12-6-3-2-4-7-12/h2-9H,10-11H2,1H3,(H,21,22)/t18-/m1/s1. The van der Waals surface area contributed by atoms with Gasteiger partial charge in [0, 0.05) is 0 Å². The lowest BCUT2D eigenvalue weighted by molar-refractivity contribution is -0.141.